The fraction of sp³-hybridized carbons (Fsp3) is 0.158. The van der Waals surface area contributed by atoms with Crippen molar-refractivity contribution in [1.29, 1.82) is 5.26 Å². The Kier molecular flexibility index (Phi) is 6.89. The number of rotatable bonds is 7. The lowest BCUT2D eigenvalue weighted by Gasteiger charge is -2.07. The van der Waals surface area contributed by atoms with Gasteiger partial charge in [-0.3, -0.25) is 9.59 Å². The van der Waals surface area contributed by atoms with Gasteiger partial charge < -0.3 is 15.4 Å². The maximum absolute atomic E-state index is 11.9. The van der Waals surface area contributed by atoms with E-state index in [9.17, 15) is 14.4 Å². The number of nitriles is 1. The Balaban J connectivity index is 1.77. The first-order chi connectivity index (χ1) is 12.6. The third-order valence-corrected chi connectivity index (χ3v) is 3.31. The van der Waals surface area contributed by atoms with Gasteiger partial charge >= 0.3 is 5.97 Å². The van der Waals surface area contributed by atoms with Crippen LogP contribution in [0.1, 0.15) is 22.3 Å². The molecular weight excluding hydrogens is 334 g/mol. The van der Waals surface area contributed by atoms with Crippen LogP contribution < -0.4 is 10.6 Å². The van der Waals surface area contributed by atoms with E-state index in [2.05, 4.69) is 10.6 Å². The number of anilines is 1. The quantitative estimate of drug-likeness (QED) is 0.742. The highest BCUT2D eigenvalue weighted by atomic mass is 16.5. The summed E-state index contributed by atoms with van der Waals surface area (Å²) >= 11 is 0. The van der Waals surface area contributed by atoms with Crippen LogP contribution >= 0.6 is 0 Å². The zero-order valence-corrected chi connectivity index (χ0v) is 13.9. The first-order valence-electron chi connectivity index (χ1n) is 7.83. The molecule has 0 fully saturated rings. The van der Waals surface area contributed by atoms with Gasteiger partial charge in [0.2, 0.25) is 5.91 Å². The van der Waals surface area contributed by atoms with Gasteiger partial charge in [0, 0.05) is 12.2 Å². The third-order valence-electron chi connectivity index (χ3n) is 3.31. The molecule has 2 N–H and O–H groups in total. The number of carbonyl (C=O) groups excluding carboxylic acids is 3. The van der Waals surface area contributed by atoms with Crippen LogP contribution in [0.4, 0.5) is 5.69 Å². The van der Waals surface area contributed by atoms with Crippen molar-refractivity contribution in [2.24, 2.45) is 0 Å². The van der Waals surface area contributed by atoms with Crippen LogP contribution in [0.5, 0.6) is 0 Å². The van der Waals surface area contributed by atoms with Gasteiger partial charge in [-0.05, 0) is 29.8 Å². The van der Waals surface area contributed by atoms with Gasteiger partial charge in [0.05, 0.1) is 11.6 Å². The Labute approximate surface area is 150 Å². The standard InChI is InChI=1S/C19H17N3O4/c20-11-10-17(23)22-16-8-6-15(7-9-16)19(25)26-13-18(24)21-12-14-4-2-1-3-5-14/h1-9H,10,12-13H2,(H,21,24)(H,22,23). The smallest absolute Gasteiger partial charge is 0.338 e. The summed E-state index contributed by atoms with van der Waals surface area (Å²) in [4.78, 5) is 35.0. The van der Waals surface area contributed by atoms with Crippen molar-refractivity contribution in [3.05, 3.63) is 65.7 Å². The highest BCUT2D eigenvalue weighted by Gasteiger charge is 2.10. The van der Waals surface area contributed by atoms with Crippen molar-refractivity contribution in [1.82, 2.24) is 5.32 Å². The highest BCUT2D eigenvalue weighted by Crippen LogP contribution is 2.11. The molecule has 0 bridgehead atoms. The Morgan fingerprint density at radius 3 is 2.31 bits per heavy atom. The lowest BCUT2D eigenvalue weighted by Crippen LogP contribution is -2.28. The monoisotopic (exact) mass is 351 g/mol. The number of benzene rings is 2. The topological polar surface area (TPSA) is 108 Å². The van der Waals surface area contributed by atoms with E-state index in [1.165, 1.54) is 24.3 Å². The molecule has 0 heterocycles. The summed E-state index contributed by atoms with van der Waals surface area (Å²) in [5.74, 6) is -1.48. The maximum atomic E-state index is 11.9. The molecule has 0 aromatic heterocycles. The molecule has 0 atom stereocenters. The molecule has 2 aromatic carbocycles. The van der Waals surface area contributed by atoms with Gasteiger partial charge in [-0.1, -0.05) is 30.3 Å². The van der Waals surface area contributed by atoms with E-state index in [1.54, 1.807) is 6.07 Å². The molecule has 0 aliphatic rings. The zero-order valence-electron chi connectivity index (χ0n) is 13.9. The number of hydrogen-bond donors (Lipinski definition) is 2. The minimum Gasteiger partial charge on any atom is -0.452 e. The number of nitrogens with zero attached hydrogens (tertiary/aromatic N) is 1. The number of ether oxygens (including phenoxy) is 1. The summed E-state index contributed by atoms with van der Waals surface area (Å²) in [5, 5.41) is 13.6. The zero-order chi connectivity index (χ0) is 18.8. The largest absolute Gasteiger partial charge is 0.452 e. The second kappa shape index (κ2) is 9.59. The highest BCUT2D eigenvalue weighted by molar-refractivity contribution is 5.94. The van der Waals surface area contributed by atoms with Crippen LogP contribution in [0.25, 0.3) is 0 Å². The van der Waals surface area contributed by atoms with Gasteiger partial charge in [0.25, 0.3) is 5.91 Å². The Morgan fingerprint density at radius 1 is 0.962 bits per heavy atom. The summed E-state index contributed by atoms with van der Waals surface area (Å²) in [7, 11) is 0. The number of amides is 2. The van der Waals surface area contributed by atoms with E-state index in [4.69, 9.17) is 10.00 Å². The molecule has 0 radical (unpaired) electrons. The summed E-state index contributed by atoms with van der Waals surface area (Å²) < 4.78 is 4.96. The molecule has 0 saturated heterocycles. The van der Waals surface area contributed by atoms with Gasteiger partial charge in [0.1, 0.15) is 6.42 Å². The molecule has 0 saturated carbocycles. The molecule has 2 amide bonds. The van der Waals surface area contributed by atoms with Crippen LogP contribution in [-0.2, 0) is 20.9 Å². The normalized spacial score (nSPS) is 9.65. The first kappa shape index (κ1) is 18.7. The van der Waals surface area contributed by atoms with Crippen LogP contribution in [0, 0.1) is 11.3 Å². The molecule has 0 aliphatic heterocycles. The number of hydrogen-bond acceptors (Lipinski definition) is 5. The molecular formula is C19H17N3O4. The van der Waals surface area contributed by atoms with Gasteiger partial charge in [-0.2, -0.15) is 5.26 Å². The summed E-state index contributed by atoms with van der Waals surface area (Å²) in [6.07, 6.45) is -0.248. The van der Waals surface area contributed by atoms with Crippen molar-refractivity contribution in [3.63, 3.8) is 0 Å². The average molecular weight is 351 g/mol. The van der Waals surface area contributed by atoms with Crippen molar-refractivity contribution >= 4 is 23.5 Å². The van der Waals surface area contributed by atoms with Crippen molar-refractivity contribution in [3.8, 4) is 6.07 Å². The molecule has 2 aromatic rings. The number of carbonyl (C=O) groups is 3. The Hall–Kier alpha value is -3.66. The fourth-order valence-electron chi connectivity index (χ4n) is 2.03. The minimum atomic E-state index is -0.644. The predicted octanol–water partition coefficient (Wildman–Crippen LogP) is 2.01. The van der Waals surface area contributed by atoms with E-state index >= 15 is 0 Å². The molecule has 0 spiro atoms. The third kappa shape index (κ3) is 6.09. The lowest BCUT2D eigenvalue weighted by molar-refractivity contribution is -0.124. The second-order valence-electron chi connectivity index (χ2n) is 5.30. The van der Waals surface area contributed by atoms with Crippen LogP contribution in [0.15, 0.2) is 54.6 Å². The van der Waals surface area contributed by atoms with Crippen molar-refractivity contribution in [2.75, 3.05) is 11.9 Å². The SMILES string of the molecule is N#CCC(=O)Nc1ccc(C(=O)OCC(=O)NCc2ccccc2)cc1. The Bertz CT molecular complexity index is 811. The maximum Gasteiger partial charge on any atom is 0.338 e. The van der Waals surface area contributed by atoms with Gasteiger partial charge in [-0.15, -0.1) is 0 Å². The van der Waals surface area contributed by atoms with E-state index in [0.717, 1.165) is 5.56 Å². The van der Waals surface area contributed by atoms with E-state index in [0.29, 0.717) is 12.2 Å². The molecule has 0 aliphatic carbocycles. The Morgan fingerprint density at radius 2 is 1.65 bits per heavy atom. The number of esters is 1. The van der Waals surface area contributed by atoms with Crippen molar-refractivity contribution < 1.29 is 19.1 Å². The van der Waals surface area contributed by atoms with Gasteiger partial charge in [-0.25, -0.2) is 4.79 Å². The number of nitrogens with one attached hydrogen (secondary N) is 2. The van der Waals surface area contributed by atoms with Crippen LogP contribution in [0.2, 0.25) is 0 Å². The predicted molar refractivity (Wildman–Crippen MR) is 93.9 cm³/mol. The second-order valence-corrected chi connectivity index (χ2v) is 5.30. The van der Waals surface area contributed by atoms with E-state index in [1.807, 2.05) is 30.3 Å². The van der Waals surface area contributed by atoms with Gasteiger partial charge in [0.15, 0.2) is 6.61 Å². The first-order valence-corrected chi connectivity index (χ1v) is 7.83. The molecule has 2 rings (SSSR count). The minimum absolute atomic E-state index is 0.248. The van der Waals surface area contributed by atoms with Crippen molar-refractivity contribution in [2.45, 2.75) is 13.0 Å². The fourth-order valence-corrected chi connectivity index (χ4v) is 2.03. The van der Waals surface area contributed by atoms with E-state index < -0.39 is 17.8 Å². The van der Waals surface area contributed by atoms with E-state index in [-0.39, 0.29) is 18.6 Å². The summed E-state index contributed by atoms with van der Waals surface area (Å²) in [6, 6.07) is 17.1. The molecule has 7 heteroatoms. The molecule has 0 unspecified atom stereocenters. The van der Waals surface area contributed by atoms with Crippen LogP contribution in [-0.4, -0.2) is 24.4 Å². The lowest BCUT2D eigenvalue weighted by atomic mass is 10.2. The average Bonchev–Trinajstić information content (AvgIpc) is 2.66. The molecule has 26 heavy (non-hydrogen) atoms. The van der Waals surface area contributed by atoms with Crippen LogP contribution in [0.3, 0.4) is 0 Å². The summed E-state index contributed by atoms with van der Waals surface area (Å²) in [5.41, 5.74) is 1.66. The molecule has 132 valence electrons. The molecule has 7 nitrogen and oxygen atoms in total. The summed E-state index contributed by atoms with van der Waals surface area (Å²) in [6.45, 7) is -0.0271.